The van der Waals surface area contributed by atoms with Crippen molar-refractivity contribution in [2.45, 2.75) is 51.1 Å². The van der Waals surface area contributed by atoms with E-state index in [2.05, 4.69) is 4.98 Å². The molecule has 0 aliphatic heterocycles. The Morgan fingerprint density at radius 2 is 1.96 bits per heavy atom. The molecule has 0 saturated carbocycles. The van der Waals surface area contributed by atoms with Gasteiger partial charge < -0.3 is 19.7 Å². The van der Waals surface area contributed by atoms with Gasteiger partial charge in [-0.15, -0.1) is 0 Å². The number of aliphatic hydroxyl groups is 2. The van der Waals surface area contributed by atoms with E-state index in [0.717, 1.165) is 15.7 Å². The number of alkyl halides is 3. The summed E-state index contributed by atoms with van der Waals surface area (Å²) in [6.45, 7) is 4.55. The number of amides is 1. The molecule has 9 heteroatoms. The van der Waals surface area contributed by atoms with Crippen molar-refractivity contribution in [1.29, 1.82) is 0 Å². The second kappa shape index (κ2) is 6.88. The van der Waals surface area contributed by atoms with Crippen LogP contribution in [0.25, 0.3) is 0 Å². The van der Waals surface area contributed by atoms with E-state index >= 15 is 0 Å². The summed E-state index contributed by atoms with van der Waals surface area (Å²) in [6, 6.07) is -0.420. The number of aryl methyl sites for hydroxylation is 1. The molecular formula is C14H22F3N3O3. The summed E-state index contributed by atoms with van der Waals surface area (Å²) >= 11 is 0. The molecule has 1 aromatic heterocycles. The van der Waals surface area contributed by atoms with E-state index in [1.165, 1.54) is 20.2 Å². The maximum atomic E-state index is 13.4. The number of aliphatic hydroxyl groups excluding tert-OH is 1. The van der Waals surface area contributed by atoms with Crippen molar-refractivity contribution in [3.05, 3.63) is 18.2 Å². The lowest BCUT2D eigenvalue weighted by Crippen LogP contribution is -2.50. The third kappa shape index (κ3) is 4.23. The van der Waals surface area contributed by atoms with E-state index in [1.807, 2.05) is 0 Å². The normalized spacial score (nSPS) is 16.3. The van der Waals surface area contributed by atoms with Crippen LogP contribution in [-0.2, 0) is 17.4 Å². The standard InChI is InChI=1S/C14H22F3N3O3/c1-9(2)20(8-10(3)21)11(22)7-13(23,14(15,16)17)12-18-5-6-19(12)4/h5-6,9-10,21,23H,7-8H2,1-4H3. The highest BCUT2D eigenvalue weighted by atomic mass is 19.4. The summed E-state index contributed by atoms with van der Waals surface area (Å²) in [5, 5.41) is 19.6. The molecule has 1 heterocycles. The lowest BCUT2D eigenvalue weighted by molar-refractivity contribution is -0.272. The molecule has 2 unspecified atom stereocenters. The molecule has 132 valence electrons. The molecule has 2 atom stereocenters. The van der Waals surface area contributed by atoms with E-state index in [-0.39, 0.29) is 6.54 Å². The van der Waals surface area contributed by atoms with Crippen molar-refractivity contribution >= 4 is 5.91 Å². The predicted molar refractivity (Wildman–Crippen MR) is 76.3 cm³/mol. The number of imidazole rings is 1. The van der Waals surface area contributed by atoms with Crippen molar-refractivity contribution in [1.82, 2.24) is 14.5 Å². The first kappa shape index (κ1) is 19.4. The molecule has 1 amide bonds. The lowest BCUT2D eigenvalue weighted by atomic mass is 9.96. The number of halogens is 3. The van der Waals surface area contributed by atoms with Crippen molar-refractivity contribution in [3.63, 3.8) is 0 Å². The number of hydrogen-bond acceptors (Lipinski definition) is 4. The number of carbonyl (C=O) groups is 1. The average Bonchev–Trinajstić information content (AvgIpc) is 2.80. The summed E-state index contributed by atoms with van der Waals surface area (Å²) in [7, 11) is 1.31. The van der Waals surface area contributed by atoms with E-state index in [4.69, 9.17) is 0 Å². The van der Waals surface area contributed by atoms with Gasteiger partial charge in [-0.3, -0.25) is 4.79 Å². The molecule has 0 aliphatic rings. The predicted octanol–water partition coefficient (Wildman–Crippen LogP) is 1.18. The van der Waals surface area contributed by atoms with Crippen molar-refractivity contribution < 1.29 is 28.2 Å². The van der Waals surface area contributed by atoms with E-state index in [1.54, 1.807) is 13.8 Å². The maximum absolute atomic E-state index is 13.4. The maximum Gasteiger partial charge on any atom is 0.425 e. The average molecular weight is 337 g/mol. The molecule has 0 fully saturated rings. The summed E-state index contributed by atoms with van der Waals surface area (Å²) in [6.07, 6.45) is -4.80. The van der Waals surface area contributed by atoms with Gasteiger partial charge in [0, 0.05) is 32.0 Å². The monoisotopic (exact) mass is 337 g/mol. The highest BCUT2D eigenvalue weighted by Gasteiger charge is 2.59. The first-order chi connectivity index (χ1) is 10.4. The summed E-state index contributed by atoms with van der Waals surface area (Å²) in [5.41, 5.74) is -3.39. The van der Waals surface area contributed by atoms with E-state index < -0.39 is 42.1 Å². The van der Waals surface area contributed by atoms with Gasteiger partial charge in [0.05, 0.1) is 12.5 Å². The van der Waals surface area contributed by atoms with Gasteiger partial charge in [-0.05, 0) is 20.8 Å². The van der Waals surface area contributed by atoms with Crippen LogP contribution in [0.15, 0.2) is 12.4 Å². The van der Waals surface area contributed by atoms with Crippen LogP contribution in [0.2, 0.25) is 0 Å². The molecule has 0 bridgehead atoms. The van der Waals surface area contributed by atoms with E-state index in [0.29, 0.717) is 0 Å². The minimum atomic E-state index is -5.07. The van der Waals surface area contributed by atoms with E-state index in [9.17, 15) is 28.2 Å². The number of carbonyl (C=O) groups excluding carboxylic acids is 1. The third-order valence-corrected chi connectivity index (χ3v) is 3.47. The van der Waals surface area contributed by atoms with Crippen molar-refractivity contribution in [2.75, 3.05) is 6.54 Å². The van der Waals surface area contributed by atoms with Crippen LogP contribution in [0.4, 0.5) is 13.2 Å². The van der Waals surface area contributed by atoms with Crippen LogP contribution < -0.4 is 0 Å². The van der Waals surface area contributed by atoms with Gasteiger partial charge in [0.15, 0.2) is 5.82 Å². The van der Waals surface area contributed by atoms with Crippen LogP contribution in [0.1, 0.15) is 33.0 Å². The first-order valence-corrected chi connectivity index (χ1v) is 7.14. The van der Waals surface area contributed by atoms with Crippen LogP contribution in [0, 0.1) is 0 Å². The number of aromatic nitrogens is 2. The Bertz CT molecular complexity index is 543. The number of rotatable bonds is 6. The SMILES string of the molecule is CC(O)CN(C(=O)CC(O)(c1nccn1C)C(F)(F)F)C(C)C. The van der Waals surface area contributed by atoms with Gasteiger partial charge in [-0.25, -0.2) is 4.98 Å². The first-order valence-electron chi connectivity index (χ1n) is 7.14. The molecule has 0 spiro atoms. The number of nitrogens with zero attached hydrogens (tertiary/aromatic N) is 3. The molecule has 0 aromatic carbocycles. The van der Waals surface area contributed by atoms with Gasteiger partial charge in [-0.2, -0.15) is 13.2 Å². The molecule has 23 heavy (non-hydrogen) atoms. The Hall–Kier alpha value is -1.61. The summed E-state index contributed by atoms with van der Waals surface area (Å²) in [4.78, 5) is 17.0. The topological polar surface area (TPSA) is 78.6 Å². The minimum Gasteiger partial charge on any atom is -0.392 e. The second-order valence-corrected chi connectivity index (χ2v) is 5.89. The van der Waals surface area contributed by atoms with Gasteiger partial charge in [0.1, 0.15) is 0 Å². The smallest absolute Gasteiger partial charge is 0.392 e. The Kier molecular flexibility index (Phi) is 5.81. The van der Waals surface area contributed by atoms with Gasteiger partial charge in [-0.1, -0.05) is 0 Å². The molecule has 2 N–H and O–H groups in total. The van der Waals surface area contributed by atoms with Gasteiger partial charge in [0.2, 0.25) is 11.5 Å². The fraction of sp³-hybridized carbons (Fsp3) is 0.714. The zero-order chi connectivity index (χ0) is 18.0. The molecule has 1 aromatic rings. The largest absolute Gasteiger partial charge is 0.425 e. The molecule has 0 saturated heterocycles. The molecule has 0 aliphatic carbocycles. The summed E-state index contributed by atoms with van der Waals surface area (Å²) in [5.74, 6) is -1.57. The molecular weight excluding hydrogens is 315 g/mol. The van der Waals surface area contributed by atoms with Gasteiger partial charge >= 0.3 is 6.18 Å². The Labute approximate surface area is 132 Å². The summed E-state index contributed by atoms with van der Waals surface area (Å²) < 4.78 is 41.3. The quantitative estimate of drug-likeness (QED) is 0.817. The van der Waals surface area contributed by atoms with Crippen molar-refractivity contribution in [2.24, 2.45) is 7.05 Å². The highest BCUT2D eigenvalue weighted by molar-refractivity contribution is 5.78. The van der Waals surface area contributed by atoms with Crippen LogP contribution in [-0.4, -0.2) is 55.4 Å². The zero-order valence-electron chi connectivity index (χ0n) is 13.5. The molecule has 0 radical (unpaired) electrons. The number of hydrogen-bond donors (Lipinski definition) is 2. The third-order valence-electron chi connectivity index (χ3n) is 3.47. The lowest BCUT2D eigenvalue weighted by Gasteiger charge is -2.34. The second-order valence-electron chi connectivity index (χ2n) is 5.89. The molecule has 6 nitrogen and oxygen atoms in total. The Morgan fingerprint density at radius 3 is 2.30 bits per heavy atom. The zero-order valence-corrected chi connectivity index (χ0v) is 13.5. The fourth-order valence-electron chi connectivity index (χ4n) is 2.28. The molecule has 1 rings (SSSR count). The minimum absolute atomic E-state index is 0.120. The Balaban J connectivity index is 3.16. The van der Waals surface area contributed by atoms with Crippen molar-refractivity contribution in [3.8, 4) is 0 Å². The van der Waals surface area contributed by atoms with Crippen LogP contribution in [0.3, 0.4) is 0 Å². The van der Waals surface area contributed by atoms with Crippen LogP contribution >= 0.6 is 0 Å². The Morgan fingerprint density at radius 1 is 1.39 bits per heavy atom. The van der Waals surface area contributed by atoms with Gasteiger partial charge in [0.25, 0.3) is 0 Å². The highest BCUT2D eigenvalue weighted by Crippen LogP contribution is 2.41. The fourth-order valence-corrected chi connectivity index (χ4v) is 2.28. The van der Waals surface area contributed by atoms with Crippen LogP contribution in [0.5, 0.6) is 0 Å².